The van der Waals surface area contributed by atoms with Crippen LogP contribution < -0.4 is 0 Å². The van der Waals surface area contributed by atoms with Crippen molar-refractivity contribution in [3.8, 4) is 0 Å². The molecule has 0 amide bonds. The molecular weight excluding hydrogens is 661 g/mol. The van der Waals surface area contributed by atoms with Gasteiger partial charge in [0.15, 0.2) is 0 Å². The summed E-state index contributed by atoms with van der Waals surface area (Å²) >= 11 is 0. The van der Waals surface area contributed by atoms with Gasteiger partial charge < -0.3 is 19.3 Å². The van der Waals surface area contributed by atoms with Crippen molar-refractivity contribution in [3.63, 3.8) is 0 Å². The van der Waals surface area contributed by atoms with Crippen LogP contribution in [0, 0.1) is 0 Å². The first-order valence-corrected chi connectivity index (χ1v) is 23.8. The quantitative estimate of drug-likeness (QED) is 0.0348. The number of carbonyl (C=O) groups excluding carboxylic acids is 2. The number of nitrogens with zero attached hydrogens (tertiary/aromatic N) is 2. The number of carbonyl (C=O) groups is 2. The second-order valence-electron chi connectivity index (χ2n) is 15.1. The first kappa shape index (κ1) is 49.6. The minimum Gasteiger partial charge on any atom is -0.466 e. The third kappa shape index (κ3) is 43.7. The lowest BCUT2D eigenvalue weighted by Gasteiger charge is -2.09. The van der Waals surface area contributed by atoms with Gasteiger partial charge in [-0.25, -0.2) is 0 Å². The molecule has 50 heavy (non-hydrogen) atoms. The Morgan fingerprint density at radius 3 is 0.860 bits per heavy atom. The van der Waals surface area contributed by atoms with E-state index in [1.54, 1.807) is 0 Å². The Morgan fingerprint density at radius 2 is 0.600 bits per heavy atom. The average Bonchev–Trinajstić information content (AvgIpc) is 3.09. The van der Waals surface area contributed by atoms with Crippen molar-refractivity contribution in [1.29, 1.82) is 0 Å². The van der Waals surface area contributed by atoms with Crippen LogP contribution in [0.2, 0.25) is 0 Å². The van der Waals surface area contributed by atoms with E-state index in [4.69, 9.17) is 9.47 Å². The van der Waals surface area contributed by atoms with E-state index in [0.29, 0.717) is 26.1 Å². The van der Waals surface area contributed by atoms with Gasteiger partial charge in [0.1, 0.15) is 0 Å². The summed E-state index contributed by atoms with van der Waals surface area (Å²) < 4.78 is 10.6. The number of esters is 2. The summed E-state index contributed by atoms with van der Waals surface area (Å²) in [5.41, 5.74) is 0. The summed E-state index contributed by atoms with van der Waals surface area (Å²) in [5, 5.41) is 0. The zero-order valence-corrected chi connectivity index (χ0v) is 35.4. The van der Waals surface area contributed by atoms with Crippen LogP contribution in [0.15, 0.2) is 0 Å². The van der Waals surface area contributed by atoms with Crippen molar-refractivity contribution in [2.45, 2.75) is 193 Å². The molecule has 0 unspecified atom stereocenters. The van der Waals surface area contributed by atoms with Crippen LogP contribution in [0.5, 0.6) is 0 Å². The maximum absolute atomic E-state index is 11.7. The zero-order valence-electron chi connectivity index (χ0n) is 33.8. The molecule has 0 aromatic rings. The predicted molar refractivity (Wildman–Crippen MR) is 222 cm³/mol. The lowest BCUT2D eigenvalue weighted by molar-refractivity contribution is -0.144. The Labute approximate surface area is 319 Å². The molecule has 298 valence electrons. The van der Waals surface area contributed by atoms with Gasteiger partial charge in [-0.1, -0.05) is 163 Å². The lowest BCUT2D eigenvalue weighted by atomic mass is 10.0. The molecule has 0 fully saturated rings. The third-order valence-electron chi connectivity index (χ3n) is 9.33. The van der Waals surface area contributed by atoms with Crippen LogP contribution in [-0.4, -0.2) is 87.7 Å². The van der Waals surface area contributed by atoms with E-state index in [1.165, 1.54) is 153 Å². The molecule has 0 spiro atoms. The van der Waals surface area contributed by atoms with Crippen LogP contribution in [0.25, 0.3) is 0 Å². The monoisotopic (exact) mass is 745 g/mol. The molecule has 0 saturated heterocycles. The van der Waals surface area contributed by atoms with Crippen LogP contribution in [0.3, 0.4) is 0 Å². The fraction of sp³-hybridized carbons (Fsp3) is 0.952. The molecular formula is C42H84N2O4S2. The molecule has 0 aliphatic carbocycles. The lowest BCUT2D eigenvalue weighted by Crippen LogP contribution is -2.16. The maximum Gasteiger partial charge on any atom is 0.305 e. The molecule has 0 rings (SSSR count). The van der Waals surface area contributed by atoms with Crippen LogP contribution >= 0.6 is 21.6 Å². The van der Waals surface area contributed by atoms with Crippen molar-refractivity contribution in [3.05, 3.63) is 0 Å². The van der Waals surface area contributed by atoms with Crippen molar-refractivity contribution in [2.24, 2.45) is 0 Å². The molecule has 0 aromatic carbocycles. The molecule has 0 N–H and O–H groups in total. The molecule has 0 aromatic heterocycles. The molecule has 6 nitrogen and oxygen atoms in total. The standard InChI is InChI=1S/C42H84N2O4S2/c1-43(2)35-31-37-47-41(45)33-27-23-19-15-11-7-5-9-13-17-21-25-29-39-49-50-40-30-26-22-18-14-10-6-8-12-16-20-24-28-34-42(46)48-38-32-36-44(3)4/h5-40H2,1-4H3. The second-order valence-corrected chi connectivity index (χ2v) is 17.8. The summed E-state index contributed by atoms with van der Waals surface area (Å²) in [6, 6.07) is 0. The summed E-state index contributed by atoms with van der Waals surface area (Å²) in [6.45, 7) is 3.06. The SMILES string of the molecule is CN(C)CCCOC(=O)CCCCCCCCCCCCCCCSSCCCCCCCCCCCCCCCC(=O)OCCCN(C)C. The van der Waals surface area contributed by atoms with Gasteiger partial charge in [-0.05, 0) is 66.7 Å². The van der Waals surface area contributed by atoms with Gasteiger partial charge in [-0.2, -0.15) is 0 Å². The van der Waals surface area contributed by atoms with Crippen molar-refractivity contribution in [2.75, 3.05) is 66.0 Å². The highest BCUT2D eigenvalue weighted by Gasteiger charge is 2.04. The second kappa shape index (κ2) is 41.3. The van der Waals surface area contributed by atoms with E-state index >= 15 is 0 Å². The molecule has 0 aliphatic heterocycles. The third-order valence-corrected chi connectivity index (χ3v) is 11.9. The van der Waals surface area contributed by atoms with Gasteiger partial charge in [-0.3, -0.25) is 9.59 Å². The number of hydrogen-bond acceptors (Lipinski definition) is 8. The van der Waals surface area contributed by atoms with Gasteiger partial charge in [0.25, 0.3) is 0 Å². The minimum absolute atomic E-state index is 0.0181. The van der Waals surface area contributed by atoms with Crippen LogP contribution in [0.1, 0.15) is 193 Å². The largest absolute Gasteiger partial charge is 0.466 e. The number of rotatable bonds is 41. The van der Waals surface area contributed by atoms with Crippen LogP contribution in [-0.2, 0) is 19.1 Å². The summed E-state index contributed by atoms with van der Waals surface area (Å²) in [7, 11) is 12.4. The first-order valence-electron chi connectivity index (χ1n) is 21.3. The van der Waals surface area contributed by atoms with E-state index in [9.17, 15) is 9.59 Å². The van der Waals surface area contributed by atoms with E-state index in [0.717, 1.165) is 51.6 Å². The van der Waals surface area contributed by atoms with E-state index < -0.39 is 0 Å². The smallest absolute Gasteiger partial charge is 0.305 e. The Hall–Kier alpha value is -0.440. The molecule has 8 heteroatoms. The first-order chi connectivity index (χ1) is 24.4. The van der Waals surface area contributed by atoms with Crippen molar-refractivity contribution < 1.29 is 19.1 Å². The van der Waals surface area contributed by atoms with Gasteiger partial charge >= 0.3 is 11.9 Å². The normalized spacial score (nSPS) is 11.6. The number of hydrogen-bond donors (Lipinski definition) is 0. The van der Waals surface area contributed by atoms with E-state index in [-0.39, 0.29) is 11.9 Å². The number of ether oxygens (including phenoxy) is 2. The zero-order chi connectivity index (χ0) is 36.6. The van der Waals surface area contributed by atoms with Gasteiger partial charge in [0, 0.05) is 37.4 Å². The molecule has 0 radical (unpaired) electrons. The fourth-order valence-electron chi connectivity index (χ4n) is 6.15. The Bertz CT molecular complexity index is 653. The number of unbranched alkanes of at least 4 members (excludes halogenated alkanes) is 24. The van der Waals surface area contributed by atoms with Gasteiger partial charge in [0.2, 0.25) is 0 Å². The van der Waals surface area contributed by atoms with E-state index in [2.05, 4.69) is 31.4 Å². The summed E-state index contributed by atoms with van der Waals surface area (Å²) in [5.74, 6) is 2.62. The maximum atomic E-state index is 11.7. The Balaban J connectivity index is 3.14. The average molecular weight is 745 g/mol. The highest BCUT2D eigenvalue weighted by Crippen LogP contribution is 2.25. The van der Waals surface area contributed by atoms with E-state index in [1.807, 2.05) is 28.2 Å². The highest BCUT2D eigenvalue weighted by molar-refractivity contribution is 8.76. The van der Waals surface area contributed by atoms with Crippen LogP contribution in [0.4, 0.5) is 0 Å². The van der Waals surface area contributed by atoms with Crippen molar-refractivity contribution >= 4 is 33.5 Å². The predicted octanol–water partition coefficient (Wildman–Crippen LogP) is 12.3. The molecule has 0 atom stereocenters. The minimum atomic E-state index is -0.0181. The summed E-state index contributed by atoms with van der Waals surface area (Å²) in [4.78, 5) is 27.7. The Morgan fingerprint density at radius 1 is 0.360 bits per heavy atom. The Kier molecular flexibility index (Phi) is 41.0. The van der Waals surface area contributed by atoms with Gasteiger partial charge in [0.05, 0.1) is 13.2 Å². The molecule has 0 saturated carbocycles. The topological polar surface area (TPSA) is 59.1 Å². The van der Waals surface area contributed by atoms with Gasteiger partial charge in [-0.15, -0.1) is 0 Å². The summed E-state index contributed by atoms with van der Waals surface area (Å²) in [6.07, 6.45) is 37.6. The van der Waals surface area contributed by atoms with Crippen molar-refractivity contribution in [1.82, 2.24) is 9.80 Å². The molecule has 0 heterocycles. The fourth-order valence-corrected chi connectivity index (χ4v) is 8.44. The highest BCUT2D eigenvalue weighted by atomic mass is 33.1. The molecule has 0 bridgehead atoms. The molecule has 0 aliphatic rings.